The molecular weight excluding hydrogens is 116 g/mol. The summed E-state index contributed by atoms with van der Waals surface area (Å²) in [6.07, 6.45) is 0. The van der Waals surface area contributed by atoms with Crippen LogP contribution in [-0.4, -0.2) is 29.7 Å². The third-order valence-electron chi connectivity index (χ3n) is 1.34. The van der Waals surface area contributed by atoms with Crippen molar-refractivity contribution in [2.24, 2.45) is 5.90 Å². The van der Waals surface area contributed by atoms with E-state index < -0.39 is 0 Å². The number of hydrogen-bond acceptors (Lipinski definition) is 3. The molecule has 0 fully saturated rings. The fourth-order valence-electron chi connectivity index (χ4n) is 0.671. The van der Waals surface area contributed by atoms with Gasteiger partial charge in [-0.1, -0.05) is 20.8 Å². The normalized spacial score (nSPS) is 8.67. The van der Waals surface area contributed by atoms with E-state index >= 15 is 0 Å². The van der Waals surface area contributed by atoms with Crippen LogP contribution in [0.2, 0.25) is 0 Å². The van der Waals surface area contributed by atoms with Gasteiger partial charge in [-0.3, -0.25) is 0 Å². The first-order chi connectivity index (χ1) is 4.35. The molecule has 0 spiro atoms. The summed E-state index contributed by atoms with van der Waals surface area (Å²) in [6, 6.07) is 0. The van der Waals surface area contributed by atoms with Gasteiger partial charge in [0.05, 0.1) is 0 Å². The van der Waals surface area contributed by atoms with Gasteiger partial charge < -0.3 is 10.1 Å². The molecule has 0 aromatic rings. The quantitative estimate of drug-likeness (QED) is 0.558. The number of hydrogen-bond donors (Lipinski definition) is 2. The molecule has 0 bridgehead atoms. The summed E-state index contributed by atoms with van der Waals surface area (Å²) in [5.74, 6) is 3.50. The fourth-order valence-corrected chi connectivity index (χ4v) is 0.671. The topological polar surface area (TPSA) is 49.5 Å². The molecule has 0 atom stereocenters. The number of nitrogens with two attached hydrogens (primary N) is 1. The molecule has 3 nitrogen and oxygen atoms in total. The average molecular weight is 134 g/mol. The first-order valence-corrected chi connectivity index (χ1v) is 3.33. The summed E-state index contributed by atoms with van der Waals surface area (Å²) in [5.41, 5.74) is 0. The molecule has 0 aliphatic rings. The van der Waals surface area contributed by atoms with Gasteiger partial charge >= 0.3 is 0 Å². The van der Waals surface area contributed by atoms with E-state index in [1.807, 2.05) is 0 Å². The van der Waals surface area contributed by atoms with Gasteiger partial charge in [0.1, 0.15) is 0 Å². The van der Waals surface area contributed by atoms with E-state index in [9.17, 15) is 0 Å². The molecule has 0 aromatic carbocycles. The van der Waals surface area contributed by atoms with Crippen LogP contribution in [0, 0.1) is 0 Å². The van der Waals surface area contributed by atoms with E-state index in [0.717, 1.165) is 0 Å². The Balaban J connectivity index is 0. The first kappa shape index (κ1) is 11.6. The predicted octanol–water partition coefficient (Wildman–Crippen LogP) is 0.682. The van der Waals surface area contributed by atoms with Crippen LogP contribution in [0.25, 0.3) is 0 Å². The van der Waals surface area contributed by atoms with Crippen LogP contribution in [-0.2, 0) is 0 Å². The fraction of sp³-hybridized carbons (Fsp3) is 1.00. The lowest BCUT2D eigenvalue weighted by Crippen LogP contribution is -2.21. The van der Waals surface area contributed by atoms with Crippen molar-refractivity contribution in [3.05, 3.63) is 0 Å². The zero-order chi connectivity index (χ0) is 7.70. The van der Waals surface area contributed by atoms with Crippen molar-refractivity contribution in [2.45, 2.75) is 20.8 Å². The monoisotopic (exact) mass is 134 g/mol. The highest BCUT2D eigenvalue weighted by molar-refractivity contribution is 4.43. The molecule has 0 aliphatic carbocycles. The van der Waals surface area contributed by atoms with Crippen molar-refractivity contribution in [1.82, 2.24) is 4.90 Å². The van der Waals surface area contributed by atoms with Crippen molar-refractivity contribution in [3.63, 3.8) is 0 Å². The van der Waals surface area contributed by atoms with Crippen molar-refractivity contribution in [3.8, 4) is 0 Å². The van der Waals surface area contributed by atoms with Crippen molar-refractivity contribution in [1.29, 1.82) is 0 Å². The molecule has 0 amide bonds. The van der Waals surface area contributed by atoms with E-state index in [0.29, 0.717) is 0 Å². The van der Waals surface area contributed by atoms with Crippen LogP contribution >= 0.6 is 0 Å². The van der Waals surface area contributed by atoms with Gasteiger partial charge in [0.2, 0.25) is 0 Å². The second kappa shape index (κ2) is 10.8. The lowest BCUT2D eigenvalue weighted by Gasteiger charge is -2.13. The smallest absolute Gasteiger partial charge is 0.00474 e. The van der Waals surface area contributed by atoms with Gasteiger partial charge in [0, 0.05) is 0 Å². The highest BCUT2D eigenvalue weighted by Gasteiger charge is 1.89. The Morgan fingerprint density at radius 3 is 1.22 bits per heavy atom. The minimum absolute atomic E-state index is 1.19. The average Bonchev–Trinajstić information content (AvgIpc) is 1.96. The molecule has 9 heavy (non-hydrogen) atoms. The van der Waals surface area contributed by atoms with Crippen LogP contribution in [0.1, 0.15) is 20.8 Å². The molecule has 0 aromatic heterocycles. The SMILES string of the molecule is CCN(CC)CC.NO. The standard InChI is InChI=1S/C6H15N.H3NO/c1-4-7(5-2)6-3;1-2/h4-6H2,1-3H3;2H,1H2. The van der Waals surface area contributed by atoms with E-state index in [2.05, 4.69) is 31.6 Å². The third-order valence-corrected chi connectivity index (χ3v) is 1.34. The first-order valence-electron chi connectivity index (χ1n) is 3.33. The Hall–Kier alpha value is -0.120. The maximum atomic E-state index is 6.50. The molecule has 3 N–H and O–H groups in total. The highest BCUT2D eigenvalue weighted by Crippen LogP contribution is 1.81. The van der Waals surface area contributed by atoms with Gasteiger partial charge in [-0.25, -0.2) is 5.90 Å². The van der Waals surface area contributed by atoms with Gasteiger partial charge in [-0.2, -0.15) is 0 Å². The molecular formula is C6H18N2O. The maximum Gasteiger partial charge on any atom is -0.00474 e. The van der Waals surface area contributed by atoms with Crippen LogP contribution in [0.3, 0.4) is 0 Å². The van der Waals surface area contributed by atoms with Crippen LogP contribution in [0.5, 0.6) is 0 Å². The van der Waals surface area contributed by atoms with Crippen molar-refractivity contribution < 1.29 is 5.21 Å². The third kappa shape index (κ3) is 7.88. The maximum absolute atomic E-state index is 6.50. The summed E-state index contributed by atoms with van der Waals surface area (Å²) in [7, 11) is 0. The van der Waals surface area contributed by atoms with Crippen LogP contribution in [0.15, 0.2) is 0 Å². The van der Waals surface area contributed by atoms with E-state index in [-0.39, 0.29) is 0 Å². The van der Waals surface area contributed by atoms with Gasteiger partial charge in [-0.15, -0.1) is 0 Å². The number of rotatable bonds is 3. The van der Waals surface area contributed by atoms with E-state index in [1.54, 1.807) is 0 Å². The molecule has 0 rings (SSSR count). The minimum Gasteiger partial charge on any atom is -0.320 e. The summed E-state index contributed by atoms with van der Waals surface area (Å²) in [4.78, 5) is 2.38. The van der Waals surface area contributed by atoms with E-state index in [1.165, 1.54) is 19.6 Å². The van der Waals surface area contributed by atoms with Crippen LogP contribution in [0.4, 0.5) is 0 Å². The van der Waals surface area contributed by atoms with Crippen molar-refractivity contribution >= 4 is 0 Å². The van der Waals surface area contributed by atoms with E-state index in [4.69, 9.17) is 5.21 Å². The van der Waals surface area contributed by atoms with Gasteiger partial charge in [0.25, 0.3) is 0 Å². The second-order valence-corrected chi connectivity index (χ2v) is 1.62. The Labute approximate surface area is 57.4 Å². The molecule has 0 radical (unpaired) electrons. The zero-order valence-corrected chi connectivity index (χ0v) is 6.59. The highest BCUT2D eigenvalue weighted by atomic mass is 16.4. The molecule has 0 saturated heterocycles. The molecule has 58 valence electrons. The molecule has 0 unspecified atom stereocenters. The predicted molar refractivity (Wildman–Crippen MR) is 39.4 cm³/mol. The Kier molecular flexibility index (Phi) is 14.0. The summed E-state index contributed by atoms with van der Waals surface area (Å²) >= 11 is 0. The summed E-state index contributed by atoms with van der Waals surface area (Å²) in [6.45, 7) is 10.1. The lowest BCUT2D eigenvalue weighted by molar-refractivity contribution is 0.311. The van der Waals surface area contributed by atoms with Gasteiger partial charge in [-0.05, 0) is 19.6 Å². The Bertz CT molecular complexity index is 32.5. The summed E-state index contributed by atoms with van der Waals surface area (Å²) < 4.78 is 0. The summed E-state index contributed by atoms with van der Waals surface area (Å²) in [5, 5.41) is 6.50. The van der Waals surface area contributed by atoms with Crippen molar-refractivity contribution in [2.75, 3.05) is 19.6 Å². The zero-order valence-electron chi connectivity index (χ0n) is 6.59. The molecule has 0 aliphatic heterocycles. The largest absolute Gasteiger partial charge is 0.320 e. The Morgan fingerprint density at radius 2 is 1.22 bits per heavy atom. The van der Waals surface area contributed by atoms with Gasteiger partial charge in [0.15, 0.2) is 0 Å². The van der Waals surface area contributed by atoms with Crippen LogP contribution < -0.4 is 5.90 Å². The molecule has 0 heterocycles. The lowest BCUT2D eigenvalue weighted by atomic mass is 10.5. The minimum atomic E-state index is 1.19. The molecule has 0 saturated carbocycles. The Morgan fingerprint density at radius 1 is 1.00 bits per heavy atom. The second-order valence-electron chi connectivity index (χ2n) is 1.62. The molecule has 3 heteroatoms. The number of nitrogens with zero attached hydrogens (tertiary/aromatic N) is 1.